The van der Waals surface area contributed by atoms with E-state index in [2.05, 4.69) is 14.9 Å². The van der Waals surface area contributed by atoms with E-state index in [1.807, 2.05) is 6.07 Å². The van der Waals surface area contributed by atoms with Gasteiger partial charge >= 0.3 is 0 Å². The highest BCUT2D eigenvalue weighted by Crippen LogP contribution is 2.33. The molecule has 5 nitrogen and oxygen atoms in total. The van der Waals surface area contributed by atoms with Crippen molar-refractivity contribution in [3.8, 4) is 17.1 Å². The fourth-order valence-corrected chi connectivity index (χ4v) is 3.33. The largest absolute Gasteiger partial charge is 0.507 e. The van der Waals surface area contributed by atoms with E-state index in [1.165, 1.54) is 12.1 Å². The van der Waals surface area contributed by atoms with E-state index in [4.69, 9.17) is 5.73 Å². The van der Waals surface area contributed by atoms with Crippen LogP contribution in [-0.2, 0) is 0 Å². The minimum absolute atomic E-state index is 0.121. The van der Waals surface area contributed by atoms with Crippen molar-refractivity contribution in [3.63, 3.8) is 0 Å². The van der Waals surface area contributed by atoms with Crippen LogP contribution >= 0.6 is 0 Å². The van der Waals surface area contributed by atoms with Gasteiger partial charge < -0.3 is 15.7 Å². The van der Waals surface area contributed by atoms with E-state index in [0.29, 0.717) is 40.6 Å². The van der Waals surface area contributed by atoms with E-state index >= 15 is 0 Å². The number of nitrogens with two attached hydrogens (primary N) is 1. The molecule has 1 saturated heterocycles. The molecule has 1 aromatic heterocycles. The van der Waals surface area contributed by atoms with E-state index in [0.717, 1.165) is 19.5 Å². The van der Waals surface area contributed by atoms with Gasteiger partial charge in [-0.1, -0.05) is 12.1 Å². The van der Waals surface area contributed by atoms with Crippen LogP contribution < -0.4 is 10.6 Å². The van der Waals surface area contributed by atoms with Crippen molar-refractivity contribution in [2.45, 2.75) is 6.42 Å². The van der Waals surface area contributed by atoms with Gasteiger partial charge in [-0.05, 0) is 49.2 Å². The highest BCUT2D eigenvalue weighted by Gasteiger charge is 2.25. The molecular formula is C19H19FN4O. The topological polar surface area (TPSA) is 75.3 Å². The first-order valence-electron chi connectivity index (χ1n) is 8.36. The van der Waals surface area contributed by atoms with Crippen molar-refractivity contribution in [1.29, 1.82) is 0 Å². The monoisotopic (exact) mass is 338 g/mol. The summed E-state index contributed by atoms with van der Waals surface area (Å²) in [6, 6.07) is 11.5. The van der Waals surface area contributed by atoms with E-state index in [-0.39, 0.29) is 11.6 Å². The number of hydrogen-bond donors (Lipinski definition) is 2. The predicted molar refractivity (Wildman–Crippen MR) is 96.0 cm³/mol. The second kappa shape index (κ2) is 6.29. The lowest BCUT2D eigenvalue weighted by Gasteiger charge is -2.20. The van der Waals surface area contributed by atoms with Gasteiger partial charge in [0.05, 0.1) is 11.1 Å². The van der Waals surface area contributed by atoms with E-state index in [9.17, 15) is 9.50 Å². The maximum atomic E-state index is 13.8. The summed E-state index contributed by atoms with van der Waals surface area (Å²) in [5, 5.41) is 10.8. The number of rotatable bonds is 3. The van der Waals surface area contributed by atoms with E-state index < -0.39 is 0 Å². The van der Waals surface area contributed by atoms with Crippen molar-refractivity contribution >= 4 is 16.7 Å². The lowest BCUT2D eigenvalue weighted by molar-refractivity contribution is 0.477. The number of phenols is 1. The third-order valence-corrected chi connectivity index (χ3v) is 4.70. The molecule has 0 saturated carbocycles. The number of halogens is 1. The highest BCUT2D eigenvalue weighted by atomic mass is 19.1. The summed E-state index contributed by atoms with van der Waals surface area (Å²) in [5.74, 6) is 1.34. The molecule has 0 aliphatic carbocycles. The van der Waals surface area contributed by atoms with Crippen LogP contribution in [0.4, 0.5) is 10.2 Å². The number of aromatic hydroxyl groups is 1. The first-order valence-corrected chi connectivity index (χ1v) is 8.36. The number of phenolic OH excluding ortho intramolecular Hbond substituents is 1. The minimum Gasteiger partial charge on any atom is -0.507 e. The molecule has 2 heterocycles. The smallest absolute Gasteiger partial charge is 0.165 e. The third kappa shape index (κ3) is 2.89. The zero-order valence-corrected chi connectivity index (χ0v) is 13.7. The Hall–Kier alpha value is -2.73. The van der Waals surface area contributed by atoms with Gasteiger partial charge in [-0.2, -0.15) is 0 Å². The third-order valence-electron chi connectivity index (χ3n) is 4.70. The van der Waals surface area contributed by atoms with Crippen molar-refractivity contribution in [1.82, 2.24) is 9.97 Å². The maximum Gasteiger partial charge on any atom is 0.165 e. The van der Waals surface area contributed by atoms with Gasteiger partial charge in [0.1, 0.15) is 17.4 Å². The highest BCUT2D eigenvalue weighted by molar-refractivity contribution is 5.91. The molecule has 1 atom stereocenters. The molecule has 3 N–H and O–H groups in total. The van der Waals surface area contributed by atoms with Crippen LogP contribution in [0.3, 0.4) is 0 Å². The summed E-state index contributed by atoms with van der Waals surface area (Å²) >= 11 is 0. The molecule has 0 bridgehead atoms. The average molecular weight is 338 g/mol. The molecule has 0 spiro atoms. The zero-order chi connectivity index (χ0) is 17.4. The maximum absolute atomic E-state index is 13.8. The van der Waals surface area contributed by atoms with Gasteiger partial charge in [0.2, 0.25) is 0 Å². The average Bonchev–Trinajstić information content (AvgIpc) is 3.10. The molecule has 2 aromatic carbocycles. The second-order valence-corrected chi connectivity index (χ2v) is 6.39. The molecule has 25 heavy (non-hydrogen) atoms. The van der Waals surface area contributed by atoms with Crippen LogP contribution in [0.15, 0.2) is 42.5 Å². The number of nitrogens with zero attached hydrogens (tertiary/aromatic N) is 3. The Morgan fingerprint density at radius 3 is 2.80 bits per heavy atom. The molecule has 3 aromatic rings. The van der Waals surface area contributed by atoms with Gasteiger partial charge in [-0.15, -0.1) is 0 Å². The Morgan fingerprint density at radius 2 is 2.04 bits per heavy atom. The molecule has 6 heteroatoms. The quantitative estimate of drug-likeness (QED) is 0.768. The van der Waals surface area contributed by atoms with Crippen molar-refractivity contribution in [2.75, 3.05) is 24.5 Å². The Kier molecular flexibility index (Phi) is 3.97. The molecular weight excluding hydrogens is 319 g/mol. The van der Waals surface area contributed by atoms with Gasteiger partial charge in [-0.3, -0.25) is 0 Å². The first kappa shape index (κ1) is 15.8. The predicted octanol–water partition coefficient (Wildman–Crippen LogP) is 2.93. The Bertz CT molecular complexity index is 930. The van der Waals surface area contributed by atoms with E-state index in [1.54, 1.807) is 24.3 Å². The van der Waals surface area contributed by atoms with Gasteiger partial charge in [0.15, 0.2) is 5.82 Å². The standard InChI is InChI=1S/C19H19FN4O/c20-13-5-6-16-15(9-13)19(24-8-7-12(10-21)11-24)23-18(22-16)14-3-1-2-4-17(14)25/h1-6,9,12,25H,7-8,10-11,21H2. The van der Waals surface area contributed by atoms with Crippen molar-refractivity contribution in [3.05, 3.63) is 48.3 Å². The second-order valence-electron chi connectivity index (χ2n) is 6.39. The zero-order valence-electron chi connectivity index (χ0n) is 13.7. The SMILES string of the molecule is NCC1CCN(c2nc(-c3ccccc3O)nc3ccc(F)cc23)C1. The molecule has 0 amide bonds. The van der Waals surface area contributed by atoms with Crippen LogP contribution in [0.25, 0.3) is 22.3 Å². The molecule has 1 unspecified atom stereocenters. The minimum atomic E-state index is -0.317. The van der Waals surface area contributed by atoms with Crippen LogP contribution in [0.1, 0.15) is 6.42 Å². The van der Waals surface area contributed by atoms with Gasteiger partial charge in [0, 0.05) is 18.5 Å². The number of anilines is 1. The number of para-hydroxylation sites is 1. The molecule has 128 valence electrons. The summed E-state index contributed by atoms with van der Waals surface area (Å²) < 4.78 is 13.8. The molecule has 0 radical (unpaired) electrons. The Labute approximate surface area is 144 Å². The van der Waals surface area contributed by atoms with Crippen molar-refractivity contribution in [2.24, 2.45) is 11.7 Å². The Balaban J connectivity index is 1.90. The van der Waals surface area contributed by atoms with Gasteiger partial charge in [-0.25, -0.2) is 14.4 Å². The van der Waals surface area contributed by atoms with Crippen LogP contribution in [0.2, 0.25) is 0 Å². The lowest BCUT2D eigenvalue weighted by Crippen LogP contribution is -2.24. The fraction of sp³-hybridized carbons (Fsp3) is 0.263. The molecule has 4 rings (SSSR count). The normalized spacial score (nSPS) is 17.4. The Morgan fingerprint density at radius 1 is 1.20 bits per heavy atom. The molecule has 1 fully saturated rings. The number of aromatic nitrogens is 2. The summed E-state index contributed by atoms with van der Waals surface area (Å²) in [6.45, 7) is 2.24. The number of hydrogen-bond acceptors (Lipinski definition) is 5. The molecule has 1 aliphatic heterocycles. The summed E-state index contributed by atoms with van der Waals surface area (Å²) in [6.07, 6.45) is 0.989. The lowest BCUT2D eigenvalue weighted by atomic mass is 10.1. The molecule has 1 aliphatic rings. The van der Waals surface area contributed by atoms with Crippen LogP contribution in [0.5, 0.6) is 5.75 Å². The number of fused-ring (bicyclic) bond motifs is 1. The fourth-order valence-electron chi connectivity index (χ4n) is 3.33. The van der Waals surface area contributed by atoms with Crippen molar-refractivity contribution < 1.29 is 9.50 Å². The summed E-state index contributed by atoms with van der Waals surface area (Å²) in [7, 11) is 0. The summed E-state index contributed by atoms with van der Waals surface area (Å²) in [4.78, 5) is 11.3. The summed E-state index contributed by atoms with van der Waals surface area (Å²) in [5.41, 5.74) is 7.01. The first-order chi connectivity index (χ1) is 12.2. The van der Waals surface area contributed by atoms with Gasteiger partial charge in [0.25, 0.3) is 0 Å². The number of benzene rings is 2. The van der Waals surface area contributed by atoms with Crippen LogP contribution in [0, 0.1) is 11.7 Å². The van der Waals surface area contributed by atoms with Crippen LogP contribution in [-0.4, -0.2) is 34.7 Å².